The Balaban J connectivity index is 1.55. The van der Waals surface area contributed by atoms with Crippen molar-refractivity contribution < 1.29 is 23.8 Å². The molecule has 3 aromatic rings. The number of ether oxygens (including phenoxy) is 3. The summed E-state index contributed by atoms with van der Waals surface area (Å²) in [4.78, 5) is 24.5. The molecule has 0 saturated carbocycles. The highest BCUT2D eigenvalue weighted by atomic mass is 16.6. The van der Waals surface area contributed by atoms with E-state index in [1.165, 1.54) is 24.5 Å². The number of hydrogen-bond acceptors (Lipinski definition) is 5. The van der Waals surface area contributed by atoms with Crippen LogP contribution in [0.1, 0.15) is 22.3 Å². The molecule has 0 atom stereocenters. The van der Waals surface area contributed by atoms with Crippen LogP contribution in [0.15, 0.2) is 90.9 Å². The Hall–Kier alpha value is -4.06. The second-order valence-electron chi connectivity index (χ2n) is 7.72. The average molecular weight is 460 g/mol. The lowest BCUT2D eigenvalue weighted by Crippen LogP contribution is -2.27. The Morgan fingerprint density at radius 3 is 2.41 bits per heavy atom. The van der Waals surface area contributed by atoms with Gasteiger partial charge < -0.3 is 19.5 Å². The molecule has 0 unspecified atom stereocenters. The number of methoxy groups -OCH3 is 1. The molecule has 0 spiro atoms. The molecule has 0 aromatic heterocycles. The van der Waals surface area contributed by atoms with Crippen molar-refractivity contribution in [3.8, 4) is 5.75 Å². The van der Waals surface area contributed by atoms with Gasteiger partial charge >= 0.3 is 5.97 Å². The zero-order valence-corrected chi connectivity index (χ0v) is 19.5. The fourth-order valence-corrected chi connectivity index (χ4v) is 3.32. The third-order valence-corrected chi connectivity index (χ3v) is 5.14. The number of amides is 1. The predicted molar refractivity (Wildman–Crippen MR) is 130 cm³/mol. The van der Waals surface area contributed by atoms with Crippen molar-refractivity contribution in [1.82, 2.24) is 5.32 Å². The van der Waals surface area contributed by atoms with E-state index in [0.717, 1.165) is 17.5 Å². The molecular weight excluding hydrogens is 430 g/mol. The van der Waals surface area contributed by atoms with Gasteiger partial charge in [0.1, 0.15) is 18.6 Å². The van der Waals surface area contributed by atoms with Crippen LogP contribution >= 0.6 is 0 Å². The molecule has 34 heavy (non-hydrogen) atoms. The van der Waals surface area contributed by atoms with E-state index in [9.17, 15) is 9.59 Å². The molecule has 176 valence electrons. The van der Waals surface area contributed by atoms with Gasteiger partial charge in [0.25, 0.3) is 0 Å². The summed E-state index contributed by atoms with van der Waals surface area (Å²) in [6.45, 7) is 2.91. The highest BCUT2D eigenvalue weighted by Gasteiger charge is 2.14. The largest absolute Gasteiger partial charge is 0.492 e. The van der Waals surface area contributed by atoms with Crippen molar-refractivity contribution in [2.24, 2.45) is 0 Å². The highest BCUT2D eigenvalue weighted by Crippen LogP contribution is 2.18. The molecule has 0 heterocycles. The molecule has 0 fully saturated rings. The van der Waals surface area contributed by atoms with Gasteiger partial charge in [-0.2, -0.15) is 0 Å². The molecule has 0 aliphatic rings. The Labute approximate surface area is 200 Å². The number of benzene rings is 3. The molecule has 0 aliphatic heterocycles. The van der Waals surface area contributed by atoms with E-state index in [1.54, 1.807) is 18.2 Å². The molecule has 0 radical (unpaired) electrons. The lowest BCUT2D eigenvalue weighted by molar-refractivity contribution is -0.138. The van der Waals surface area contributed by atoms with Gasteiger partial charge in [0.05, 0.1) is 13.5 Å². The Morgan fingerprint density at radius 2 is 1.65 bits per heavy atom. The summed E-state index contributed by atoms with van der Waals surface area (Å²) in [5.74, 6) is -0.420. The van der Waals surface area contributed by atoms with Gasteiger partial charge in [0.15, 0.2) is 0 Å². The van der Waals surface area contributed by atoms with Crippen LogP contribution in [-0.2, 0) is 38.5 Å². The number of carbonyl (C=O) groups excluding carboxylic acids is 2. The first-order chi connectivity index (χ1) is 16.5. The first-order valence-corrected chi connectivity index (χ1v) is 11.1. The molecule has 1 amide bonds. The summed E-state index contributed by atoms with van der Waals surface area (Å²) in [6.07, 6.45) is 2.22. The van der Waals surface area contributed by atoms with Gasteiger partial charge in [-0.3, -0.25) is 4.79 Å². The van der Waals surface area contributed by atoms with Crippen molar-refractivity contribution >= 4 is 11.9 Å². The molecule has 3 rings (SSSR count). The quantitative estimate of drug-likeness (QED) is 0.260. The average Bonchev–Trinajstić information content (AvgIpc) is 2.85. The Bertz CT molecular complexity index is 1120. The van der Waals surface area contributed by atoms with Crippen molar-refractivity contribution in [1.29, 1.82) is 0 Å². The van der Waals surface area contributed by atoms with E-state index in [0.29, 0.717) is 12.3 Å². The van der Waals surface area contributed by atoms with Gasteiger partial charge in [-0.15, -0.1) is 0 Å². The molecule has 0 aliphatic carbocycles. The van der Waals surface area contributed by atoms with Crippen LogP contribution in [0.2, 0.25) is 0 Å². The van der Waals surface area contributed by atoms with Crippen molar-refractivity contribution in [2.75, 3.05) is 13.7 Å². The van der Waals surface area contributed by atoms with Crippen LogP contribution in [0.5, 0.6) is 5.75 Å². The number of nitrogens with one attached hydrogen (secondary N) is 1. The molecule has 3 aromatic carbocycles. The lowest BCUT2D eigenvalue weighted by Gasteiger charge is -2.11. The minimum Gasteiger partial charge on any atom is -0.492 e. The zero-order chi connectivity index (χ0) is 24.2. The third kappa shape index (κ3) is 7.81. The molecule has 6 nitrogen and oxygen atoms in total. The number of carbonyl (C=O) groups is 2. The maximum Gasteiger partial charge on any atom is 0.377 e. The summed E-state index contributed by atoms with van der Waals surface area (Å²) in [5.41, 5.74) is 4.15. The first kappa shape index (κ1) is 24.6. The minimum absolute atomic E-state index is 0.0827. The Kier molecular flexibility index (Phi) is 9.29. The van der Waals surface area contributed by atoms with E-state index in [2.05, 4.69) is 24.4 Å². The van der Waals surface area contributed by atoms with Crippen LogP contribution in [0.25, 0.3) is 0 Å². The fourth-order valence-electron chi connectivity index (χ4n) is 3.32. The second kappa shape index (κ2) is 12.8. The number of aryl methyl sites for hydroxylation is 1. The van der Waals surface area contributed by atoms with Gasteiger partial charge in [-0.25, -0.2) is 4.79 Å². The van der Waals surface area contributed by atoms with Gasteiger partial charge in [0, 0.05) is 6.54 Å². The predicted octanol–water partition coefficient (Wildman–Crippen LogP) is 4.51. The SMILES string of the molecule is COC(=O)/C(=C\OCc1ccccc1)Oc1cccc(CC(=O)NCCc2ccccc2C)c1. The second-order valence-corrected chi connectivity index (χ2v) is 7.72. The van der Waals surface area contributed by atoms with Crippen LogP contribution in [0, 0.1) is 6.92 Å². The molecule has 6 heteroatoms. The number of rotatable bonds is 11. The smallest absolute Gasteiger partial charge is 0.377 e. The van der Waals surface area contributed by atoms with E-state index >= 15 is 0 Å². The summed E-state index contributed by atoms with van der Waals surface area (Å²) in [7, 11) is 1.27. The van der Waals surface area contributed by atoms with E-state index in [1.807, 2.05) is 48.5 Å². The summed E-state index contributed by atoms with van der Waals surface area (Å²) < 4.78 is 16.0. The third-order valence-electron chi connectivity index (χ3n) is 5.14. The van der Waals surface area contributed by atoms with E-state index in [-0.39, 0.29) is 24.7 Å². The Morgan fingerprint density at radius 1 is 0.912 bits per heavy atom. The summed E-state index contributed by atoms with van der Waals surface area (Å²) in [6, 6.07) is 24.7. The maximum absolute atomic E-state index is 12.4. The number of esters is 1. The normalized spacial score (nSPS) is 10.9. The summed E-state index contributed by atoms with van der Waals surface area (Å²) >= 11 is 0. The topological polar surface area (TPSA) is 73.9 Å². The zero-order valence-electron chi connectivity index (χ0n) is 19.5. The molecule has 0 bridgehead atoms. The first-order valence-electron chi connectivity index (χ1n) is 11.1. The van der Waals surface area contributed by atoms with Gasteiger partial charge in [-0.05, 0) is 47.7 Å². The maximum atomic E-state index is 12.4. The van der Waals surface area contributed by atoms with Crippen LogP contribution in [-0.4, -0.2) is 25.5 Å². The standard InChI is InChI=1S/C28H29NO5/c1-21-9-6-7-13-24(21)15-16-29-27(30)18-23-12-8-14-25(17-23)34-26(28(31)32-2)20-33-19-22-10-4-3-5-11-22/h3-14,17,20H,15-16,18-19H2,1-2H3,(H,29,30)/b26-20+. The number of hydrogen-bond donors (Lipinski definition) is 1. The van der Waals surface area contributed by atoms with Crippen LogP contribution < -0.4 is 10.1 Å². The van der Waals surface area contributed by atoms with Gasteiger partial charge in [-0.1, -0.05) is 66.7 Å². The van der Waals surface area contributed by atoms with Crippen molar-refractivity contribution in [2.45, 2.75) is 26.4 Å². The van der Waals surface area contributed by atoms with Gasteiger partial charge in [0.2, 0.25) is 11.7 Å². The van der Waals surface area contributed by atoms with Crippen LogP contribution in [0.3, 0.4) is 0 Å². The molecular formula is C28H29NO5. The molecule has 1 N–H and O–H groups in total. The van der Waals surface area contributed by atoms with Crippen molar-refractivity contribution in [3.63, 3.8) is 0 Å². The highest BCUT2D eigenvalue weighted by molar-refractivity contribution is 5.86. The van der Waals surface area contributed by atoms with Crippen LogP contribution in [0.4, 0.5) is 0 Å². The fraction of sp³-hybridized carbons (Fsp3) is 0.214. The minimum atomic E-state index is -0.660. The monoisotopic (exact) mass is 459 g/mol. The van der Waals surface area contributed by atoms with E-state index < -0.39 is 5.97 Å². The van der Waals surface area contributed by atoms with Crippen molar-refractivity contribution in [3.05, 3.63) is 113 Å². The lowest BCUT2D eigenvalue weighted by atomic mass is 10.1. The molecule has 0 saturated heterocycles. The van der Waals surface area contributed by atoms with E-state index in [4.69, 9.17) is 14.2 Å². The summed E-state index contributed by atoms with van der Waals surface area (Å²) in [5, 5.41) is 2.95.